The number of carbonyl (C=O) groups excluding carboxylic acids is 1. The highest BCUT2D eigenvalue weighted by Gasteiger charge is 2.31. The first-order valence-corrected chi connectivity index (χ1v) is 9.36. The lowest BCUT2D eigenvalue weighted by Gasteiger charge is -2.26. The minimum Gasteiger partial charge on any atom is -0.481 e. The van der Waals surface area contributed by atoms with E-state index in [1.54, 1.807) is 0 Å². The molecule has 1 fully saturated rings. The van der Waals surface area contributed by atoms with Gasteiger partial charge in [-0.25, -0.2) is 12.8 Å². The molecule has 1 aromatic rings. The minimum atomic E-state index is -3.64. The summed E-state index contributed by atoms with van der Waals surface area (Å²) in [5.41, 5.74) is 0.0562. The zero-order valence-corrected chi connectivity index (χ0v) is 13.9. The van der Waals surface area contributed by atoms with Gasteiger partial charge in [-0.1, -0.05) is 6.42 Å². The minimum absolute atomic E-state index is 0.0727. The largest absolute Gasteiger partial charge is 0.481 e. The molecule has 0 radical (unpaired) electrons. The molecule has 3 N–H and O–H groups in total. The average Bonchev–Trinajstić information content (AvgIpc) is 2.48. The molecular formula is C15H19FN2O5S. The molecule has 24 heavy (non-hydrogen) atoms. The normalized spacial score (nSPS) is 21.1. The second-order valence-electron chi connectivity index (χ2n) is 5.95. The SMILES string of the molecule is CS(=O)(=O)Nc1cc(F)ccc1NC(=O)C1CCCC(C(=O)O)C1. The van der Waals surface area contributed by atoms with E-state index in [1.807, 2.05) is 0 Å². The average molecular weight is 358 g/mol. The monoisotopic (exact) mass is 358 g/mol. The number of anilines is 2. The maximum absolute atomic E-state index is 13.3. The summed E-state index contributed by atoms with van der Waals surface area (Å²) in [7, 11) is -3.64. The van der Waals surface area contributed by atoms with Gasteiger partial charge >= 0.3 is 5.97 Å². The Hall–Kier alpha value is -2.16. The van der Waals surface area contributed by atoms with Crippen molar-refractivity contribution in [1.82, 2.24) is 0 Å². The van der Waals surface area contributed by atoms with Gasteiger partial charge in [0.05, 0.1) is 23.5 Å². The Balaban J connectivity index is 2.15. The molecule has 1 aliphatic rings. The van der Waals surface area contributed by atoms with E-state index < -0.39 is 39.6 Å². The zero-order chi connectivity index (χ0) is 17.9. The molecule has 1 amide bonds. The Morgan fingerprint density at radius 1 is 1.21 bits per heavy atom. The van der Waals surface area contributed by atoms with E-state index in [1.165, 1.54) is 6.07 Å². The van der Waals surface area contributed by atoms with Crippen molar-refractivity contribution < 1.29 is 27.5 Å². The Bertz CT molecular complexity index is 750. The highest BCUT2D eigenvalue weighted by molar-refractivity contribution is 7.92. The summed E-state index contributed by atoms with van der Waals surface area (Å²) in [5.74, 6) is -3.01. The van der Waals surface area contributed by atoms with E-state index in [9.17, 15) is 22.4 Å². The van der Waals surface area contributed by atoms with Gasteiger partial charge in [0.25, 0.3) is 0 Å². The van der Waals surface area contributed by atoms with Crippen molar-refractivity contribution in [1.29, 1.82) is 0 Å². The van der Waals surface area contributed by atoms with Gasteiger partial charge in [-0.2, -0.15) is 0 Å². The molecule has 0 bridgehead atoms. The van der Waals surface area contributed by atoms with Crippen molar-refractivity contribution in [2.75, 3.05) is 16.3 Å². The van der Waals surface area contributed by atoms with Crippen LogP contribution in [0, 0.1) is 17.7 Å². The van der Waals surface area contributed by atoms with E-state index in [2.05, 4.69) is 10.0 Å². The lowest BCUT2D eigenvalue weighted by Crippen LogP contribution is -2.31. The number of nitrogens with one attached hydrogen (secondary N) is 2. The maximum atomic E-state index is 13.3. The fourth-order valence-corrected chi connectivity index (χ4v) is 3.37. The fraction of sp³-hybridized carbons (Fsp3) is 0.467. The second-order valence-corrected chi connectivity index (χ2v) is 7.70. The van der Waals surface area contributed by atoms with Crippen LogP contribution in [0.3, 0.4) is 0 Å². The molecule has 0 saturated heterocycles. The Morgan fingerprint density at radius 2 is 1.88 bits per heavy atom. The molecule has 9 heteroatoms. The Kier molecular flexibility index (Phi) is 5.43. The van der Waals surface area contributed by atoms with Gasteiger partial charge in [-0.3, -0.25) is 14.3 Å². The van der Waals surface area contributed by atoms with Crippen LogP contribution in [0.15, 0.2) is 18.2 Å². The van der Waals surface area contributed by atoms with Gasteiger partial charge in [0.1, 0.15) is 5.82 Å². The number of hydrogen-bond acceptors (Lipinski definition) is 4. The predicted octanol–water partition coefficient (Wildman–Crippen LogP) is 2.03. The van der Waals surface area contributed by atoms with Crippen LogP contribution in [0.2, 0.25) is 0 Å². The van der Waals surface area contributed by atoms with Crippen molar-refractivity contribution in [2.24, 2.45) is 11.8 Å². The molecule has 7 nitrogen and oxygen atoms in total. The lowest BCUT2D eigenvalue weighted by atomic mass is 9.81. The molecule has 132 valence electrons. The second kappa shape index (κ2) is 7.16. The fourth-order valence-electron chi connectivity index (χ4n) is 2.80. The molecule has 2 atom stereocenters. The van der Waals surface area contributed by atoms with E-state index >= 15 is 0 Å². The number of halogens is 1. The first-order valence-electron chi connectivity index (χ1n) is 7.46. The standard InChI is InChI=1S/C15H19FN2O5S/c1-24(22,23)18-13-8-11(16)5-6-12(13)17-14(19)9-3-2-4-10(7-9)15(20)21/h5-6,8-10,18H,2-4,7H2,1H3,(H,17,19)(H,20,21). The van der Waals surface area contributed by atoms with Gasteiger partial charge in [-0.15, -0.1) is 0 Å². The van der Waals surface area contributed by atoms with E-state index in [0.717, 1.165) is 18.4 Å². The highest BCUT2D eigenvalue weighted by atomic mass is 32.2. The smallest absolute Gasteiger partial charge is 0.306 e. The Morgan fingerprint density at radius 3 is 2.50 bits per heavy atom. The molecule has 1 saturated carbocycles. The molecule has 2 unspecified atom stereocenters. The summed E-state index contributed by atoms with van der Waals surface area (Å²) >= 11 is 0. The van der Waals surface area contributed by atoms with Crippen molar-refractivity contribution in [3.8, 4) is 0 Å². The number of hydrogen-bond donors (Lipinski definition) is 3. The van der Waals surface area contributed by atoms with Crippen LogP contribution in [-0.2, 0) is 19.6 Å². The number of amides is 1. The third-order valence-electron chi connectivity index (χ3n) is 3.93. The summed E-state index contributed by atoms with van der Waals surface area (Å²) in [6, 6.07) is 3.33. The van der Waals surface area contributed by atoms with Crippen molar-refractivity contribution >= 4 is 33.3 Å². The van der Waals surface area contributed by atoms with Crippen LogP contribution < -0.4 is 10.0 Å². The van der Waals surface area contributed by atoms with Crippen LogP contribution in [-0.4, -0.2) is 31.7 Å². The van der Waals surface area contributed by atoms with Gasteiger partial charge in [-0.05, 0) is 31.4 Å². The molecular weight excluding hydrogens is 339 g/mol. The van der Waals surface area contributed by atoms with Crippen molar-refractivity contribution in [3.05, 3.63) is 24.0 Å². The first-order chi connectivity index (χ1) is 11.2. The molecule has 0 spiro atoms. The number of carbonyl (C=O) groups is 2. The summed E-state index contributed by atoms with van der Waals surface area (Å²) in [5, 5.41) is 11.6. The Labute approximate surface area is 139 Å². The van der Waals surface area contributed by atoms with E-state index in [-0.39, 0.29) is 17.8 Å². The van der Waals surface area contributed by atoms with Gasteiger partial charge in [0.2, 0.25) is 15.9 Å². The van der Waals surface area contributed by atoms with Gasteiger partial charge in [0.15, 0.2) is 0 Å². The summed E-state index contributed by atoms with van der Waals surface area (Å²) in [6.45, 7) is 0. The molecule has 1 aliphatic carbocycles. The zero-order valence-electron chi connectivity index (χ0n) is 13.1. The number of carboxylic acid groups (broad SMARTS) is 1. The summed E-state index contributed by atoms with van der Waals surface area (Å²) in [6.07, 6.45) is 2.88. The quantitative estimate of drug-likeness (QED) is 0.745. The molecule has 0 aromatic heterocycles. The molecule has 1 aromatic carbocycles. The van der Waals surface area contributed by atoms with E-state index in [0.29, 0.717) is 19.3 Å². The highest BCUT2D eigenvalue weighted by Crippen LogP contribution is 2.31. The van der Waals surface area contributed by atoms with Gasteiger partial charge in [0, 0.05) is 12.0 Å². The number of carboxylic acids is 1. The summed E-state index contributed by atoms with van der Waals surface area (Å²) in [4.78, 5) is 23.4. The van der Waals surface area contributed by atoms with Crippen LogP contribution in [0.25, 0.3) is 0 Å². The van der Waals surface area contributed by atoms with Crippen LogP contribution >= 0.6 is 0 Å². The lowest BCUT2D eigenvalue weighted by molar-refractivity contribution is -0.143. The van der Waals surface area contributed by atoms with Gasteiger partial charge < -0.3 is 10.4 Å². The van der Waals surface area contributed by atoms with Crippen LogP contribution in [0.5, 0.6) is 0 Å². The molecule has 2 rings (SSSR count). The predicted molar refractivity (Wildman–Crippen MR) is 86.6 cm³/mol. The molecule has 0 aliphatic heterocycles. The third kappa shape index (κ3) is 4.92. The molecule has 0 heterocycles. The number of aliphatic carboxylic acids is 1. The number of rotatable bonds is 5. The number of sulfonamides is 1. The first kappa shape index (κ1) is 18.2. The number of benzene rings is 1. The van der Waals surface area contributed by atoms with Crippen LogP contribution in [0.4, 0.5) is 15.8 Å². The maximum Gasteiger partial charge on any atom is 0.306 e. The topological polar surface area (TPSA) is 113 Å². The van der Waals surface area contributed by atoms with Crippen molar-refractivity contribution in [2.45, 2.75) is 25.7 Å². The van der Waals surface area contributed by atoms with Crippen molar-refractivity contribution in [3.63, 3.8) is 0 Å². The summed E-state index contributed by atoms with van der Waals surface area (Å²) < 4.78 is 38.2. The third-order valence-corrected chi connectivity index (χ3v) is 4.52. The van der Waals surface area contributed by atoms with E-state index in [4.69, 9.17) is 5.11 Å². The van der Waals surface area contributed by atoms with Crippen LogP contribution in [0.1, 0.15) is 25.7 Å².